The molecule has 1 aromatic carbocycles. The minimum atomic E-state index is -0.634. The molecule has 2 bridgehead atoms. The number of nitrogens with zero attached hydrogens (tertiary/aromatic N) is 2. The fourth-order valence-electron chi connectivity index (χ4n) is 3.70. The average Bonchev–Trinajstić information content (AvgIpc) is 3.19. The number of thioether (sulfide) groups is 1. The van der Waals surface area contributed by atoms with Gasteiger partial charge in [0.25, 0.3) is 0 Å². The summed E-state index contributed by atoms with van der Waals surface area (Å²) in [6.45, 7) is 4.02. The molecule has 2 aliphatic rings. The SMILES string of the molecule is Cc1cc2c(O)nc(=O)[nH]c2c(SC[C@H](O)CN2C[C@@H]3C[C@H]2CO3)c1Cl. The van der Waals surface area contributed by atoms with Crippen LogP contribution in [0.2, 0.25) is 5.02 Å². The minimum Gasteiger partial charge on any atom is -0.493 e. The van der Waals surface area contributed by atoms with Crippen LogP contribution in [0.4, 0.5) is 0 Å². The van der Waals surface area contributed by atoms with Crippen LogP contribution in [0.15, 0.2) is 15.8 Å². The highest BCUT2D eigenvalue weighted by Crippen LogP contribution is 2.38. The van der Waals surface area contributed by atoms with Crippen LogP contribution in [0.5, 0.6) is 5.88 Å². The van der Waals surface area contributed by atoms with Gasteiger partial charge in [-0.25, -0.2) is 4.79 Å². The first-order valence-electron chi connectivity index (χ1n) is 8.51. The Labute approximate surface area is 159 Å². The summed E-state index contributed by atoms with van der Waals surface area (Å²) in [6, 6.07) is 2.10. The molecule has 0 unspecified atom stereocenters. The summed E-state index contributed by atoms with van der Waals surface area (Å²) in [5, 5.41) is 21.4. The predicted molar refractivity (Wildman–Crippen MR) is 100 cm³/mol. The number of likely N-dealkylation sites (tertiary alicyclic amines) is 1. The number of hydrogen-bond donors (Lipinski definition) is 3. The molecule has 2 aliphatic heterocycles. The van der Waals surface area contributed by atoms with E-state index in [0.29, 0.717) is 45.3 Å². The van der Waals surface area contributed by atoms with Gasteiger partial charge in [-0.2, -0.15) is 4.98 Å². The third-order valence-corrected chi connectivity index (χ3v) is 6.81. The van der Waals surface area contributed by atoms with Crippen LogP contribution in [0, 0.1) is 6.92 Å². The van der Waals surface area contributed by atoms with Crippen molar-refractivity contribution in [3.8, 4) is 5.88 Å². The van der Waals surface area contributed by atoms with E-state index in [0.717, 1.165) is 25.1 Å². The molecule has 2 aromatic rings. The van der Waals surface area contributed by atoms with E-state index in [-0.39, 0.29) is 5.88 Å². The number of aliphatic hydroxyl groups excluding tert-OH is 1. The summed E-state index contributed by atoms with van der Waals surface area (Å²) < 4.78 is 5.58. The standard InChI is InChI=1S/C17H20ClN3O4S/c1-8-2-12-14(19-17(24)20-16(12)23)15(13(8)18)26-7-10(22)4-21-5-11-3-9(21)6-25-11/h2,9-11,22H,3-7H2,1H3,(H2,19,20,23,24)/t9-,10+,11-/m0/s1. The fourth-order valence-corrected chi connectivity index (χ4v) is 5.07. The van der Waals surface area contributed by atoms with Gasteiger partial charge in [0.15, 0.2) is 0 Å². The third kappa shape index (κ3) is 3.32. The van der Waals surface area contributed by atoms with Crippen LogP contribution in [0.25, 0.3) is 10.9 Å². The van der Waals surface area contributed by atoms with Crippen LogP contribution >= 0.6 is 23.4 Å². The second-order valence-corrected chi connectivity index (χ2v) is 8.30. The van der Waals surface area contributed by atoms with Gasteiger partial charge in [0.1, 0.15) is 0 Å². The summed E-state index contributed by atoms with van der Waals surface area (Å²) in [5.41, 5.74) is 0.587. The summed E-state index contributed by atoms with van der Waals surface area (Å²) in [7, 11) is 0. The smallest absolute Gasteiger partial charge is 0.348 e. The molecule has 0 amide bonds. The number of aromatic hydroxyl groups is 1. The Bertz CT molecular complexity index is 906. The summed E-state index contributed by atoms with van der Waals surface area (Å²) in [6.07, 6.45) is 0.811. The minimum absolute atomic E-state index is 0.301. The first-order chi connectivity index (χ1) is 12.4. The van der Waals surface area contributed by atoms with Crippen molar-refractivity contribution < 1.29 is 14.9 Å². The molecule has 2 fully saturated rings. The summed E-state index contributed by atoms with van der Waals surface area (Å²) in [4.78, 5) is 20.7. The predicted octanol–water partition coefficient (Wildman–Crippen LogP) is 1.52. The van der Waals surface area contributed by atoms with Gasteiger partial charge < -0.3 is 19.9 Å². The van der Waals surface area contributed by atoms with Crippen molar-refractivity contribution in [2.75, 3.05) is 25.4 Å². The highest BCUT2D eigenvalue weighted by molar-refractivity contribution is 7.99. The number of β-amino-alcohol motifs (C(OH)–C–C–N with tert-alkyl or cyclic N) is 1. The van der Waals surface area contributed by atoms with Crippen LogP contribution < -0.4 is 5.69 Å². The Morgan fingerprint density at radius 2 is 2.38 bits per heavy atom. The average molecular weight is 398 g/mol. The first kappa shape index (κ1) is 18.1. The van der Waals surface area contributed by atoms with Gasteiger partial charge in [-0.3, -0.25) is 4.90 Å². The summed E-state index contributed by atoms with van der Waals surface area (Å²) in [5.74, 6) is 0.108. The van der Waals surface area contributed by atoms with Crippen molar-refractivity contribution in [1.29, 1.82) is 0 Å². The number of halogens is 1. The van der Waals surface area contributed by atoms with Crippen LogP contribution in [0.3, 0.4) is 0 Å². The molecule has 3 heterocycles. The maximum absolute atomic E-state index is 11.6. The molecular formula is C17H20ClN3O4S. The number of fused-ring (bicyclic) bond motifs is 3. The molecule has 0 radical (unpaired) electrons. The topological polar surface area (TPSA) is 98.7 Å². The molecule has 26 heavy (non-hydrogen) atoms. The van der Waals surface area contributed by atoms with Gasteiger partial charge in [-0.1, -0.05) is 11.6 Å². The van der Waals surface area contributed by atoms with E-state index in [4.69, 9.17) is 16.3 Å². The number of H-pyrrole nitrogens is 1. The number of aromatic nitrogens is 2. The number of ether oxygens (including phenoxy) is 1. The zero-order valence-electron chi connectivity index (χ0n) is 14.2. The number of aliphatic hydroxyl groups is 1. The maximum Gasteiger partial charge on any atom is 0.348 e. The third-order valence-electron chi connectivity index (χ3n) is 4.96. The molecule has 3 N–H and O–H groups in total. The second kappa shape index (κ2) is 7.01. The molecule has 9 heteroatoms. The molecule has 7 nitrogen and oxygen atoms in total. The van der Waals surface area contributed by atoms with Gasteiger partial charge >= 0.3 is 5.69 Å². The van der Waals surface area contributed by atoms with Crippen molar-refractivity contribution in [3.05, 3.63) is 27.1 Å². The molecule has 1 aromatic heterocycles. The van der Waals surface area contributed by atoms with E-state index in [9.17, 15) is 15.0 Å². The molecular weight excluding hydrogens is 378 g/mol. The molecule has 0 spiro atoms. The molecule has 140 valence electrons. The maximum atomic E-state index is 11.6. The number of benzene rings is 1. The Morgan fingerprint density at radius 1 is 1.58 bits per heavy atom. The van der Waals surface area contributed by atoms with Crippen LogP contribution in [0.1, 0.15) is 12.0 Å². The van der Waals surface area contributed by atoms with Crippen molar-refractivity contribution in [1.82, 2.24) is 14.9 Å². The van der Waals surface area contributed by atoms with Gasteiger partial charge in [0.05, 0.1) is 39.6 Å². The number of aromatic amines is 1. The van der Waals surface area contributed by atoms with Gasteiger partial charge in [-0.05, 0) is 25.0 Å². The lowest BCUT2D eigenvalue weighted by Gasteiger charge is -2.28. The highest BCUT2D eigenvalue weighted by Gasteiger charge is 2.39. The van der Waals surface area contributed by atoms with E-state index < -0.39 is 11.8 Å². The van der Waals surface area contributed by atoms with Crippen LogP contribution in [-0.4, -0.2) is 68.8 Å². The zero-order valence-corrected chi connectivity index (χ0v) is 15.8. The fraction of sp³-hybridized carbons (Fsp3) is 0.529. The quantitative estimate of drug-likeness (QED) is 0.658. The van der Waals surface area contributed by atoms with E-state index in [1.807, 2.05) is 6.92 Å². The normalized spacial score (nSPS) is 23.8. The molecule has 0 aliphatic carbocycles. The summed E-state index contributed by atoms with van der Waals surface area (Å²) >= 11 is 7.80. The molecule has 2 saturated heterocycles. The van der Waals surface area contributed by atoms with E-state index in [2.05, 4.69) is 14.9 Å². The first-order valence-corrected chi connectivity index (χ1v) is 9.87. The lowest BCUT2D eigenvalue weighted by atomic mass is 10.1. The highest BCUT2D eigenvalue weighted by atomic mass is 35.5. The van der Waals surface area contributed by atoms with E-state index in [1.165, 1.54) is 11.8 Å². The number of nitrogens with one attached hydrogen (secondary N) is 1. The Hall–Kier alpha value is -1.32. The van der Waals surface area contributed by atoms with Crippen molar-refractivity contribution in [3.63, 3.8) is 0 Å². The van der Waals surface area contributed by atoms with E-state index >= 15 is 0 Å². The number of rotatable bonds is 5. The van der Waals surface area contributed by atoms with Crippen molar-refractivity contribution >= 4 is 34.3 Å². The number of aryl methyl sites for hydroxylation is 1. The van der Waals surface area contributed by atoms with Crippen molar-refractivity contribution in [2.24, 2.45) is 0 Å². The molecule has 4 rings (SSSR count). The van der Waals surface area contributed by atoms with Gasteiger partial charge in [-0.15, -0.1) is 11.8 Å². The van der Waals surface area contributed by atoms with Gasteiger partial charge in [0.2, 0.25) is 5.88 Å². The Kier molecular flexibility index (Phi) is 4.87. The largest absolute Gasteiger partial charge is 0.493 e. The molecule has 3 atom stereocenters. The number of morpholine rings is 1. The van der Waals surface area contributed by atoms with Crippen molar-refractivity contribution in [2.45, 2.75) is 36.5 Å². The monoisotopic (exact) mass is 397 g/mol. The Balaban J connectivity index is 1.53. The second-order valence-electron chi connectivity index (χ2n) is 6.89. The van der Waals surface area contributed by atoms with Gasteiger partial charge in [0, 0.05) is 24.9 Å². The van der Waals surface area contributed by atoms with Crippen LogP contribution in [-0.2, 0) is 4.74 Å². The lowest BCUT2D eigenvalue weighted by Crippen LogP contribution is -2.42. The molecule has 0 saturated carbocycles. The number of hydrogen-bond acceptors (Lipinski definition) is 7. The Morgan fingerprint density at radius 3 is 3.08 bits per heavy atom. The lowest BCUT2D eigenvalue weighted by molar-refractivity contribution is 0.0139. The van der Waals surface area contributed by atoms with E-state index in [1.54, 1.807) is 6.07 Å². The zero-order chi connectivity index (χ0) is 18.4.